The Balaban J connectivity index is 1.91. The number of rotatable bonds is 4. The number of nitrogens with one attached hydrogen (secondary N) is 1. The molecular weight excluding hydrogens is 264 g/mol. The van der Waals surface area contributed by atoms with Gasteiger partial charge in [0.25, 0.3) is 0 Å². The van der Waals surface area contributed by atoms with Gasteiger partial charge in [0.2, 0.25) is 5.88 Å². The zero-order valence-electron chi connectivity index (χ0n) is 10.9. The van der Waals surface area contributed by atoms with Gasteiger partial charge < -0.3 is 10.1 Å². The molecule has 1 fully saturated rings. The van der Waals surface area contributed by atoms with E-state index in [0.29, 0.717) is 17.6 Å². The Labute approximate surface area is 114 Å². The lowest BCUT2D eigenvalue weighted by Gasteiger charge is -2.09. The molecule has 0 spiro atoms. The minimum absolute atomic E-state index is 0.0612. The lowest BCUT2D eigenvalue weighted by molar-refractivity contribution is 0.421. The molecule has 104 valence electrons. The number of aromatic nitrogens is 2. The summed E-state index contributed by atoms with van der Waals surface area (Å²) < 4.78 is 31.8. The fourth-order valence-electron chi connectivity index (χ4n) is 1.82. The third-order valence-corrected chi connectivity index (χ3v) is 3.03. The van der Waals surface area contributed by atoms with Crippen LogP contribution in [0.3, 0.4) is 0 Å². The van der Waals surface area contributed by atoms with E-state index in [9.17, 15) is 8.78 Å². The Bertz CT molecular complexity index is 644. The van der Waals surface area contributed by atoms with Crippen molar-refractivity contribution in [1.29, 1.82) is 0 Å². The number of halogens is 2. The minimum atomic E-state index is -0.761. The molecule has 1 aliphatic rings. The second-order valence-electron chi connectivity index (χ2n) is 4.65. The summed E-state index contributed by atoms with van der Waals surface area (Å²) in [6.07, 6.45) is 2.11. The molecule has 2 aromatic rings. The summed E-state index contributed by atoms with van der Waals surface area (Å²) in [7, 11) is 1.74. The van der Waals surface area contributed by atoms with Crippen LogP contribution >= 0.6 is 0 Å². The highest BCUT2D eigenvalue weighted by Crippen LogP contribution is 2.39. The SMILES string of the molecule is CNc1cc(Oc2ccc(F)cc2F)nc(C2CC2)n1. The molecule has 1 aromatic heterocycles. The van der Waals surface area contributed by atoms with E-state index in [4.69, 9.17) is 4.74 Å². The number of benzene rings is 1. The average molecular weight is 277 g/mol. The molecule has 0 unspecified atom stereocenters. The van der Waals surface area contributed by atoms with E-state index in [2.05, 4.69) is 15.3 Å². The van der Waals surface area contributed by atoms with Crippen LogP contribution in [0, 0.1) is 11.6 Å². The largest absolute Gasteiger partial charge is 0.436 e. The number of nitrogens with zero attached hydrogens (tertiary/aromatic N) is 2. The van der Waals surface area contributed by atoms with Crippen molar-refractivity contribution in [2.45, 2.75) is 18.8 Å². The third-order valence-electron chi connectivity index (χ3n) is 3.03. The predicted octanol–water partition coefficient (Wildman–Crippen LogP) is 3.47. The van der Waals surface area contributed by atoms with Gasteiger partial charge in [0.15, 0.2) is 11.6 Å². The van der Waals surface area contributed by atoms with Gasteiger partial charge in [-0.15, -0.1) is 0 Å². The smallest absolute Gasteiger partial charge is 0.224 e. The summed E-state index contributed by atoms with van der Waals surface area (Å²) in [5.74, 6) is 0.429. The van der Waals surface area contributed by atoms with Crippen molar-refractivity contribution in [1.82, 2.24) is 9.97 Å². The van der Waals surface area contributed by atoms with Crippen LogP contribution in [-0.4, -0.2) is 17.0 Å². The van der Waals surface area contributed by atoms with Crippen LogP contribution in [0.4, 0.5) is 14.6 Å². The van der Waals surface area contributed by atoms with Gasteiger partial charge in [0.1, 0.15) is 17.5 Å². The van der Waals surface area contributed by atoms with Crippen LogP contribution in [0.5, 0.6) is 11.6 Å². The van der Waals surface area contributed by atoms with Crippen molar-refractivity contribution in [3.8, 4) is 11.6 Å². The summed E-state index contributed by atoms with van der Waals surface area (Å²) in [6.45, 7) is 0. The molecule has 20 heavy (non-hydrogen) atoms. The Hall–Kier alpha value is -2.24. The average Bonchev–Trinajstić information content (AvgIpc) is 3.26. The number of hydrogen-bond donors (Lipinski definition) is 1. The molecule has 3 rings (SSSR count). The molecule has 1 N–H and O–H groups in total. The van der Waals surface area contributed by atoms with Gasteiger partial charge in [0.05, 0.1) is 0 Å². The standard InChI is InChI=1S/C14H13F2N3O/c1-17-12-7-13(19-14(18-12)8-2-3-8)20-11-5-4-9(15)6-10(11)16/h4-8H,2-3H2,1H3,(H,17,18,19). The van der Waals surface area contributed by atoms with E-state index in [0.717, 1.165) is 25.0 Å². The van der Waals surface area contributed by atoms with Gasteiger partial charge >= 0.3 is 0 Å². The van der Waals surface area contributed by atoms with E-state index in [1.807, 2.05) is 0 Å². The first-order valence-electron chi connectivity index (χ1n) is 6.35. The van der Waals surface area contributed by atoms with Crippen LogP contribution in [0.25, 0.3) is 0 Å². The first-order chi connectivity index (χ1) is 9.65. The fraction of sp³-hybridized carbons (Fsp3) is 0.286. The number of hydrogen-bond acceptors (Lipinski definition) is 4. The molecule has 0 aliphatic heterocycles. The maximum atomic E-state index is 13.6. The lowest BCUT2D eigenvalue weighted by Crippen LogP contribution is -2.01. The van der Waals surface area contributed by atoms with E-state index in [1.165, 1.54) is 6.07 Å². The topological polar surface area (TPSA) is 47.0 Å². The van der Waals surface area contributed by atoms with E-state index >= 15 is 0 Å². The van der Waals surface area contributed by atoms with Crippen LogP contribution in [-0.2, 0) is 0 Å². The van der Waals surface area contributed by atoms with Crippen LogP contribution in [0.2, 0.25) is 0 Å². The zero-order chi connectivity index (χ0) is 14.1. The molecule has 1 aromatic carbocycles. The maximum Gasteiger partial charge on any atom is 0.224 e. The van der Waals surface area contributed by atoms with Gasteiger partial charge in [-0.2, -0.15) is 4.98 Å². The van der Waals surface area contributed by atoms with Gasteiger partial charge in [-0.3, -0.25) is 0 Å². The Kier molecular flexibility index (Phi) is 3.22. The highest BCUT2D eigenvalue weighted by atomic mass is 19.1. The lowest BCUT2D eigenvalue weighted by atomic mass is 10.3. The van der Waals surface area contributed by atoms with E-state index < -0.39 is 11.6 Å². The van der Waals surface area contributed by atoms with Crippen molar-refractivity contribution in [2.24, 2.45) is 0 Å². The van der Waals surface area contributed by atoms with Crippen molar-refractivity contribution >= 4 is 5.82 Å². The molecule has 4 nitrogen and oxygen atoms in total. The van der Waals surface area contributed by atoms with E-state index in [-0.39, 0.29) is 11.6 Å². The van der Waals surface area contributed by atoms with Crippen molar-refractivity contribution < 1.29 is 13.5 Å². The Morgan fingerprint density at radius 2 is 2.00 bits per heavy atom. The molecule has 1 saturated carbocycles. The van der Waals surface area contributed by atoms with Gasteiger partial charge in [0, 0.05) is 25.1 Å². The molecular formula is C14H13F2N3O. The first-order valence-corrected chi connectivity index (χ1v) is 6.35. The van der Waals surface area contributed by atoms with Crippen molar-refractivity contribution in [3.63, 3.8) is 0 Å². The molecule has 0 amide bonds. The summed E-state index contributed by atoms with van der Waals surface area (Å²) in [5.41, 5.74) is 0. The number of anilines is 1. The quantitative estimate of drug-likeness (QED) is 0.929. The van der Waals surface area contributed by atoms with E-state index in [1.54, 1.807) is 13.1 Å². The number of ether oxygens (including phenoxy) is 1. The monoisotopic (exact) mass is 277 g/mol. The van der Waals surface area contributed by atoms with Crippen LogP contribution in [0.15, 0.2) is 24.3 Å². The first kappa shape index (κ1) is 12.8. The van der Waals surface area contributed by atoms with Gasteiger partial charge in [-0.1, -0.05) is 0 Å². The summed E-state index contributed by atoms with van der Waals surface area (Å²) in [5, 5.41) is 2.92. The molecule has 0 atom stereocenters. The van der Waals surface area contributed by atoms with Crippen molar-refractivity contribution in [2.75, 3.05) is 12.4 Å². The van der Waals surface area contributed by atoms with Crippen molar-refractivity contribution in [3.05, 3.63) is 41.7 Å². The van der Waals surface area contributed by atoms with Gasteiger partial charge in [-0.25, -0.2) is 13.8 Å². The highest BCUT2D eigenvalue weighted by molar-refractivity contribution is 5.40. The molecule has 0 bridgehead atoms. The maximum absolute atomic E-state index is 13.6. The molecule has 1 heterocycles. The second-order valence-corrected chi connectivity index (χ2v) is 4.65. The Morgan fingerprint density at radius 3 is 2.65 bits per heavy atom. The zero-order valence-corrected chi connectivity index (χ0v) is 10.9. The summed E-state index contributed by atoms with van der Waals surface area (Å²) >= 11 is 0. The summed E-state index contributed by atoms with van der Waals surface area (Å²) in [6, 6.07) is 4.73. The highest BCUT2D eigenvalue weighted by Gasteiger charge is 2.27. The van der Waals surface area contributed by atoms with Crippen LogP contribution in [0.1, 0.15) is 24.6 Å². The predicted molar refractivity (Wildman–Crippen MR) is 70.0 cm³/mol. The molecule has 1 aliphatic carbocycles. The summed E-state index contributed by atoms with van der Waals surface area (Å²) in [4.78, 5) is 8.60. The normalized spacial score (nSPS) is 14.2. The Morgan fingerprint density at radius 1 is 1.20 bits per heavy atom. The molecule has 0 saturated heterocycles. The van der Waals surface area contributed by atoms with Gasteiger partial charge in [-0.05, 0) is 25.0 Å². The van der Waals surface area contributed by atoms with Crippen LogP contribution < -0.4 is 10.1 Å². The molecule has 0 radical (unpaired) electrons. The molecule has 6 heteroatoms. The second kappa shape index (κ2) is 5.03. The fourth-order valence-corrected chi connectivity index (χ4v) is 1.82. The third kappa shape index (κ3) is 2.68. The minimum Gasteiger partial charge on any atom is -0.436 e.